The second-order valence-electron chi connectivity index (χ2n) is 5.47. The van der Waals surface area contributed by atoms with Gasteiger partial charge in [-0.3, -0.25) is 9.59 Å². The number of anilines is 1. The van der Waals surface area contributed by atoms with Crippen molar-refractivity contribution in [3.05, 3.63) is 76.2 Å². The summed E-state index contributed by atoms with van der Waals surface area (Å²) in [7, 11) is 1.52. The van der Waals surface area contributed by atoms with E-state index in [1.807, 2.05) is 6.07 Å². The lowest BCUT2D eigenvalue weighted by molar-refractivity contribution is 0.102. The number of amides is 1. The predicted molar refractivity (Wildman–Crippen MR) is 96.0 cm³/mol. The number of nitrogens with one attached hydrogen (secondary N) is 2. The number of H-pyrrole nitrogens is 1. The van der Waals surface area contributed by atoms with Crippen LogP contribution in [-0.4, -0.2) is 23.0 Å². The van der Waals surface area contributed by atoms with Crippen molar-refractivity contribution >= 4 is 11.6 Å². The molecule has 0 saturated heterocycles. The van der Waals surface area contributed by atoms with Crippen LogP contribution in [0.2, 0.25) is 0 Å². The van der Waals surface area contributed by atoms with E-state index in [4.69, 9.17) is 4.74 Å². The topological polar surface area (TPSA) is 84.1 Å². The van der Waals surface area contributed by atoms with Gasteiger partial charge >= 0.3 is 0 Å². The summed E-state index contributed by atoms with van der Waals surface area (Å²) >= 11 is 0. The standard InChI is InChI=1S/C19H17N3O3/c1-12-10-17(23)22-18(20-12)13-6-5-7-14(11-13)21-19(24)15-8-3-4-9-16(15)25-2/h3-11H,1-2H3,(H,21,24)(H,20,22,23). The maximum atomic E-state index is 12.5. The molecular formula is C19H17N3O3. The van der Waals surface area contributed by atoms with Gasteiger partial charge in [0, 0.05) is 23.0 Å². The molecule has 0 radical (unpaired) electrons. The molecule has 6 heteroatoms. The summed E-state index contributed by atoms with van der Waals surface area (Å²) in [5, 5.41) is 2.83. The molecule has 0 aliphatic carbocycles. The Bertz CT molecular complexity index is 979. The Morgan fingerprint density at radius 3 is 2.68 bits per heavy atom. The molecule has 2 aromatic carbocycles. The molecule has 0 saturated carbocycles. The summed E-state index contributed by atoms with van der Waals surface area (Å²) in [6.07, 6.45) is 0. The minimum absolute atomic E-state index is 0.217. The van der Waals surface area contributed by atoms with Crippen molar-refractivity contribution in [1.29, 1.82) is 0 Å². The number of carbonyl (C=O) groups excluding carboxylic acids is 1. The van der Waals surface area contributed by atoms with Crippen LogP contribution in [0.25, 0.3) is 11.4 Å². The number of ether oxygens (including phenoxy) is 1. The lowest BCUT2D eigenvalue weighted by Crippen LogP contribution is -2.13. The van der Waals surface area contributed by atoms with E-state index in [2.05, 4.69) is 15.3 Å². The minimum atomic E-state index is -0.278. The van der Waals surface area contributed by atoms with Gasteiger partial charge in [0.15, 0.2) is 0 Å². The van der Waals surface area contributed by atoms with Gasteiger partial charge < -0.3 is 15.0 Å². The summed E-state index contributed by atoms with van der Waals surface area (Å²) in [5.41, 5.74) is 2.15. The second-order valence-corrected chi connectivity index (χ2v) is 5.47. The third-order valence-corrected chi connectivity index (χ3v) is 3.62. The van der Waals surface area contributed by atoms with Crippen LogP contribution in [0.5, 0.6) is 5.75 Å². The summed E-state index contributed by atoms with van der Waals surface area (Å²) in [6, 6.07) is 15.5. The molecule has 25 heavy (non-hydrogen) atoms. The van der Waals surface area contributed by atoms with Crippen LogP contribution in [0, 0.1) is 6.92 Å². The van der Waals surface area contributed by atoms with Crippen LogP contribution >= 0.6 is 0 Å². The highest BCUT2D eigenvalue weighted by atomic mass is 16.5. The van der Waals surface area contributed by atoms with Gasteiger partial charge in [0.25, 0.3) is 11.5 Å². The van der Waals surface area contributed by atoms with Gasteiger partial charge in [0.05, 0.1) is 12.7 Å². The van der Waals surface area contributed by atoms with Crippen LogP contribution in [0.3, 0.4) is 0 Å². The maximum Gasteiger partial charge on any atom is 0.259 e. The van der Waals surface area contributed by atoms with E-state index in [9.17, 15) is 9.59 Å². The van der Waals surface area contributed by atoms with Crippen LogP contribution in [-0.2, 0) is 0 Å². The van der Waals surface area contributed by atoms with E-state index in [-0.39, 0.29) is 11.5 Å². The first-order chi connectivity index (χ1) is 12.1. The Kier molecular flexibility index (Phi) is 4.61. The van der Waals surface area contributed by atoms with Crippen LogP contribution in [0.15, 0.2) is 59.4 Å². The SMILES string of the molecule is COc1ccccc1C(=O)Nc1cccc(-c2nc(C)cc(=O)[nH]2)c1. The summed E-state index contributed by atoms with van der Waals surface area (Å²) in [6.45, 7) is 1.76. The predicted octanol–water partition coefficient (Wildman–Crippen LogP) is 3.01. The smallest absolute Gasteiger partial charge is 0.259 e. The van der Waals surface area contributed by atoms with Crippen molar-refractivity contribution in [2.75, 3.05) is 12.4 Å². The van der Waals surface area contributed by atoms with Crippen LogP contribution in [0.4, 0.5) is 5.69 Å². The normalized spacial score (nSPS) is 10.3. The number of methoxy groups -OCH3 is 1. The van der Waals surface area contributed by atoms with E-state index in [0.717, 1.165) is 0 Å². The van der Waals surface area contributed by atoms with Crippen molar-refractivity contribution in [3.63, 3.8) is 0 Å². The number of benzene rings is 2. The molecule has 0 fully saturated rings. The van der Waals surface area contributed by atoms with E-state index in [0.29, 0.717) is 34.1 Å². The molecule has 1 amide bonds. The number of carbonyl (C=O) groups is 1. The molecule has 0 atom stereocenters. The highest BCUT2D eigenvalue weighted by Gasteiger charge is 2.12. The second kappa shape index (κ2) is 7.00. The van der Waals surface area contributed by atoms with Gasteiger partial charge in [0.2, 0.25) is 0 Å². The molecule has 0 unspecified atom stereocenters. The first-order valence-electron chi connectivity index (χ1n) is 7.69. The molecule has 2 N–H and O–H groups in total. The molecule has 3 aromatic rings. The lowest BCUT2D eigenvalue weighted by Gasteiger charge is -2.10. The minimum Gasteiger partial charge on any atom is -0.496 e. The molecule has 0 aliphatic heterocycles. The molecular weight excluding hydrogens is 318 g/mol. The average molecular weight is 335 g/mol. The maximum absolute atomic E-state index is 12.5. The Labute approximate surface area is 144 Å². The summed E-state index contributed by atoms with van der Waals surface area (Å²) in [5.74, 6) is 0.680. The number of aromatic amines is 1. The quantitative estimate of drug-likeness (QED) is 0.767. The zero-order valence-electron chi connectivity index (χ0n) is 13.9. The molecule has 1 aromatic heterocycles. The Balaban J connectivity index is 1.89. The largest absolute Gasteiger partial charge is 0.496 e. The third-order valence-electron chi connectivity index (χ3n) is 3.62. The Morgan fingerprint density at radius 2 is 1.92 bits per heavy atom. The fraction of sp³-hybridized carbons (Fsp3) is 0.105. The Morgan fingerprint density at radius 1 is 1.12 bits per heavy atom. The van der Waals surface area contributed by atoms with Gasteiger partial charge in [-0.2, -0.15) is 0 Å². The molecule has 0 bridgehead atoms. The average Bonchev–Trinajstić information content (AvgIpc) is 2.61. The zero-order valence-corrected chi connectivity index (χ0v) is 13.9. The van der Waals surface area contributed by atoms with Gasteiger partial charge in [-0.05, 0) is 31.2 Å². The number of nitrogens with zero attached hydrogens (tertiary/aromatic N) is 1. The number of para-hydroxylation sites is 1. The highest BCUT2D eigenvalue weighted by Crippen LogP contribution is 2.22. The fourth-order valence-corrected chi connectivity index (χ4v) is 2.49. The monoisotopic (exact) mass is 335 g/mol. The molecule has 0 aliphatic rings. The van der Waals surface area contributed by atoms with Crippen molar-refractivity contribution in [2.45, 2.75) is 6.92 Å². The number of hydrogen-bond acceptors (Lipinski definition) is 4. The van der Waals surface area contributed by atoms with E-state index < -0.39 is 0 Å². The fourth-order valence-electron chi connectivity index (χ4n) is 2.49. The van der Waals surface area contributed by atoms with Crippen molar-refractivity contribution < 1.29 is 9.53 Å². The van der Waals surface area contributed by atoms with Crippen molar-refractivity contribution in [2.24, 2.45) is 0 Å². The van der Waals surface area contributed by atoms with Crippen molar-refractivity contribution in [3.8, 4) is 17.1 Å². The lowest BCUT2D eigenvalue weighted by atomic mass is 10.1. The van der Waals surface area contributed by atoms with Gasteiger partial charge in [-0.15, -0.1) is 0 Å². The highest BCUT2D eigenvalue weighted by molar-refractivity contribution is 6.06. The van der Waals surface area contributed by atoms with E-state index >= 15 is 0 Å². The third kappa shape index (κ3) is 3.74. The van der Waals surface area contributed by atoms with Crippen LogP contribution in [0.1, 0.15) is 16.1 Å². The number of aromatic nitrogens is 2. The molecule has 0 spiro atoms. The molecule has 126 valence electrons. The molecule has 1 heterocycles. The van der Waals surface area contributed by atoms with E-state index in [1.54, 1.807) is 49.4 Å². The zero-order chi connectivity index (χ0) is 17.8. The first kappa shape index (κ1) is 16.4. The van der Waals surface area contributed by atoms with Crippen LogP contribution < -0.4 is 15.6 Å². The van der Waals surface area contributed by atoms with Gasteiger partial charge in [0.1, 0.15) is 11.6 Å². The molecule has 6 nitrogen and oxygen atoms in total. The summed E-state index contributed by atoms with van der Waals surface area (Å²) < 4.78 is 5.21. The van der Waals surface area contributed by atoms with Gasteiger partial charge in [-0.1, -0.05) is 24.3 Å². The van der Waals surface area contributed by atoms with Gasteiger partial charge in [-0.25, -0.2) is 4.98 Å². The first-order valence-corrected chi connectivity index (χ1v) is 7.69. The number of rotatable bonds is 4. The molecule has 3 rings (SSSR count). The Hall–Kier alpha value is -3.41. The van der Waals surface area contributed by atoms with Crippen molar-refractivity contribution in [1.82, 2.24) is 9.97 Å². The number of hydrogen-bond donors (Lipinski definition) is 2. The van der Waals surface area contributed by atoms with E-state index in [1.165, 1.54) is 13.2 Å². The number of aryl methyl sites for hydroxylation is 1. The summed E-state index contributed by atoms with van der Waals surface area (Å²) in [4.78, 5) is 31.1.